The van der Waals surface area contributed by atoms with Crippen molar-refractivity contribution in [1.29, 1.82) is 0 Å². The molecule has 0 atom stereocenters. The van der Waals surface area contributed by atoms with Crippen molar-refractivity contribution in [2.75, 3.05) is 0 Å². The lowest BCUT2D eigenvalue weighted by molar-refractivity contribution is -0.136. The van der Waals surface area contributed by atoms with Crippen LogP contribution >= 0.6 is 0 Å². The summed E-state index contributed by atoms with van der Waals surface area (Å²) >= 11 is 0. The molecule has 0 amide bonds. The van der Waals surface area contributed by atoms with E-state index >= 15 is 0 Å². The van der Waals surface area contributed by atoms with Crippen molar-refractivity contribution in [1.82, 2.24) is 4.40 Å². The van der Waals surface area contributed by atoms with E-state index < -0.39 is 5.97 Å². The van der Waals surface area contributed by atoms with E-state index in [2.05, 4.69) is 0 Å². The van der Waals surface area contributed by atoms with Crippen LogP contribution in [0.5, 0.6) is 0 Å². The van der Waals surface area contributed by atoms with Crippen molar-refractivity contribution in [3.8, 4) is 0 Å². The second kappa shape index (κ2) is 4.05. The summed E-state index contributed by atoms with van der Waals surface area (Å²) in [5.41, 5.74) is 2.82. The Morgan fingerprint density at radius 3 is 2.65 bits per heavy atom. The minimum absolute atomic E-state index is 0.0552. The highest BCUT2D eigenvalue weighted by atomic mass is 16.4. The molecule has 0 unspecified atom stereocenters. The van der Waals surface area contributed by atoms with Gasteiger partial charge in [0.15, 0.2) is 5.78 Å². The third-order valence-corrected chi connectivity index (χ3v) is 2.88. The van der Waals surface area contributed by atoms with Crippen molar-refractivity contribution in [2.24, 2.45) is 0 Å². The highest BCUT2D eigenvalue weighted by Gasteiger charge is 2.18. The largest absolute Gasteiger partial charge is 0.481 e. The number of ketones is 1. The average Bonchev–Trinajstić information content (AvgIpc) is 2.52. The number of aliphatic carboxylic acids is 1. The van der Waals surface area contributed by atoms with Crippen LogP contribution in [-0.4, -0.2) is 21.3 Å². The SMILES string of the molecule is CC(=O)c1c(C)c(CC(=O)O)c2ccccn12. The van der Waals surface area contributed by atoms with E-state index in [1.165, 1.54) is 6.92 Å². The second-order valence-electron chi connectivity index (χ2n) is 4.03. The van der Waals surface area contributed by atoms with Gasteiger partial charge in [-0.25, -0.2) is 0 Å². The Hall–Kier alpha value is -2.10. The summed E-state index contributed by atoms with van der Waals surface area (Å²) in [6.45, 7) is 3.29. The lowest BCUT2D eigenvalue weighted by Gasteiger charge is -1.98. The molecular formula is C13H13NO3. The Labute approximate surface area is 98.5 Å². The molecule has 0 saturated heterocycles. The van der Waals surface area contributed by atoms with Crippen LogP contribution in [0.15, 0.2) is 24.4 Å². The predicted octanol–water partition coefficient (Wildman–Crippen LogP) is 2.08. The average molecular weight is 231 g/mol. The number of fused-ring (bicyclic) bond motifs is 1. The van der Waals surface area contributed by atoms with Crippen molar-refractivity contribution in [3.05, 3.63) is 41.2 Å². The quantitative estimate of drug-likeness (QED) is 0.823. The first kappa shape index (κ1) is 11.4. The lowest BCUT2D eigenvalue weighted by Crippen LogP contribution is -2.02. The molecule has 0 bridgehead atoms. The van der Waals surface area contributed by atoms with Crippen LogP contribution in [0.4, 0.5) is 0 Å². The van der Waals surface area contributed by atoms with Gasteiger partial charge >= 0.3 is 5.97 Å². The number of Topliss-reactive ketones (excluding diaryl/α,β-unsaturated/α-hetero) is 1. The van der Waals surface area contributed by atoms with Gasteiger partial charge in [-0.2, -0.15) is 0 Å². The molecule has 2 aromatic heterocycles. The molecule has 0 aliphatic rings. The third-order valence-electron chi connectivity index (χ3n) is 2.88. The molecule has 2 rings (SSSR count). The Balaban J connectivity index is 2.79. The van der Waals surface area contributed by atoms with Crippen LogP contribution in [-0.2, 0) is 11.2 Å². The smallest absolute Gasteiger partial charge is 0.307 e. The maximum Gasteiger partial charge on any atom is 0.307 e. The zero-order valence-corrected chi connectivity index (χ0v) is 9.73. The molecule has 0 fully saturated rings. The van der Waals surface area contributed by atoms with Crippen LogP contribution in [0.2, 0.25) is 0 Å². The topological polar surface area (TPSA) is 58.8 Å². The van der Waals surface area contributed by atoms with Gasteiger partial charge in [-0.1, -0.05) is 6.07 Å². The van der Waals surface area contributed by atoms with E-state index in [0.29, 0.717) is 11.3 Å². The summed E-state index contributed by atoms with van der Waals surface area (Å²) in [6.07, 6.45) is 1.72. The molecular weight excluding hydrogens is 218 g/mol. The van der Waals surface area contributed by atoms with Gasteiger partial charge in [-0.15, -0.1) is 0 Å². The number of pyridine rings is 1. The van der Waals surface area contributed by atoms with E-state index in [-0.39, 0.29) is 12.2 Å². The van der Waals surface area contributed by atoms with Gasteiger partial charge in [0.05, 0.1) is 12.1 Å². The molecule has 0 spiro atoms. The third kappa shape index (κ3) is 1.82. The summed E-state index contributed by atoms with van der Waals surface area (Å²) in [5, 5.41) is 8.90. The molecule has 0 radical (unpaired) electrons. The monoisotopic (exact) mass is 231 g/mol. The Morgan fingerprint density at radius 1 is 1.35 bits per heavy atom. The summed E-state index contributed by atoms with van der Waals surface area (Å²) < 4.78 is 1.76. The Morgan fingerprint density at radius 2 is 2.06 bits per heavy atom. The van der Waals surface area contributed by atoms with Gasteiger partial charge in [0, 0.05) is 18.6 Å². The van der Waals surface area contributed by atoms with Crippen molar-refractivity contribution in [2.45, 2.75) is 20.3 Å². The van der Waals surface area contributed by atoms with Crippen LogP contribution in [0.3, 0.4) is 0 Å². The Bertz CT molecular complexity index is 610. The zero-order chi connectivity index (χ0) is 12.6. The van der Waals surface area contributed by atoms with E-state index in [1.807, 2.05) is 18.2 Å². The molecule has 4 nitrogen and oxygen atoms in total. The highest BCUT2D eigenvalue weighted by molar-refractivity contribution is 5.97. The minimum atomic E-state index is -0.889. The normalized spacial score (nSPS) is 10.7. The summed E-state index contributed by atoms with van der Waals surface area (Å²) in [7, 11) is 0. The number of carboxylic acid groups (broad SMARTS) is 1. The Kier molecular flexibility index (Phi) is 2.71. The molecule has 0 saturated carbocycles. The van der Waals surface area contributed by atoms with Gasteiger partial charge in [-0.05, 0) is 30.2 Å². The molecule has 0 aliphatic carbocycles. The number of carboxylic acids is 1. The molecule has 1 N–H and O–H groups in total. The van der Waals surface area contributed by atoms with Crippen LogP contribution in [0.25, 0.3) is 5.52 Å². The summed E-state index contributed by atoms with van der Waals surface area (Å²) in [6, 6.07) is 5.49. The first-order chi connectivity index (χ1) is 8.02. The molecule has 2 heterocycles. The zero-order valence-electron chi connectivity index (χ0n) is 9.73. The fraction of sp³-hybridized carbons (Fsp3) is 0.231. The fourth-order valence-corrected chi connectivity index (χ4v) is 2.21. The van der Waals surface area contributed by atoms with E-state index in [1.54, 1.807) is 17.5 Å². The number of rotatable bonds is 3. The summed E-state index contributed by atoms with van der Waals surface area (Å²) in [5.74, 6) is -0.945. The maximum absolute atomic E-state index is 11.6. The van der Waals surface area contributed by atoms with Crippen LogP contribution in [0, 0.1) is 6.92 Å². The molecule has 0 aliphatic heterocycles. The second-order valence-corrected chi connectivity index (χ2v) is 4.03. The molecule has 0 aromatic carbocycles. The highest BCUT2D eigenvalue weighted by Crippen LogP contribution is 2.24. The molecule has 2 aromatic rings. The number of nitrogens with zero attached hydrogens (tertiary/aromatic N) is 1. The lowest BCUT2D eigenvalue weighted by atomic mass is 10.1. The number of hydrogen-bond donors (Lipinski definition) is 1. The molecule has 88 valence electrons. The van der Waals surface area contributed by atoms with Crippen LogP contribution in [0.1, 0.15) is 28.5 Å². The minimum Gasteiger partial charge on any atom is -0.481 e. The van der Waals surface area contributed by atoms with Gasteiger partial charge < -0.3 is 9.51 Å². The maximum atomic E-state index is 11.6. The van der Waals surface area contributed by atoms with Gasteiger partial charge in [0.2, 0.25) is 0 Å². The predicted molar refractivity (Wildman–Crippen MR) is 63.5 cm³/mol. The van der Waals surface area contributed by atoms with Gasteiger partial charge in [-0.3, -0.25) is 9.59 Å². The van der Waals surface area contributed by atoms with E-state index in [0.717, 1.165) is 11.1 Å². The van der Waals surface area contributed by atoms with Crippen molar-refractivity contribution >= 4 is 17.3 Å². The number of aromatic nitrogens is 1. The number of hydrogen-bond acceptors (Lipinski definition) is 2. The van der Waals surface area contributed by atoms with E-state index in [9.17, 15) is 9.59 Å². The molecule has 17 heavy (non-hydrogen) atoms. The standard InChI is InChI=1S/C13H13NO3/c1-8-10(7-12(16)17)11-5-3-4-6-14(11)13(8)9(2)15/h3-6H,7H2,1-2H3,(H,16,17). The number of carbonyl (C=O) groups excluding carboxylic acids is 1. The van der Waals surface area contributed by atoms with Gasteiger partial charge in [0.1, 0.15) is 0 Å². The van der Waals surface area contributed by atoms with Gasteiger partial charge in [0.25, 0.3) is 0 Å². The van der Waals surface area contributed by atoms with Crippen molar-refractivity contribution in [3.63, 3.8) is 0 Å². The van der Waals surface area contributed by atoms with Crippen molar-refractivity contribution < 1.29 is 14.7 Å². The number of carbonyl (C=O) groups is 2. The summed E-state index contributed by atoms with van der Waals surface area (Å²) in [4.78, 5) is 22.5. The molecule has 4 heteroatoms. The first-order valence-corrected chi connectivity index (χ1v) is 5.33. The first-order valence-electron chi connectivity index (χ1n) is 5.33. The fourth-order valence-electron chi connectivity index (χ4n) is 2.21. The van der Waals surface area contributed by atoms with Crippen LogP contribution < -0.4 is 0 Å². The van der Waals surface area contributed by atoms with E-state index in [4.69, 9.17) is 5.11 Å².